The number of fused-ring (bicyclic) bond motifs is 1. The molecule has 0 saturated carbocycles. The van der Waals surface area contributed by atoms with E-state index in [4.69, 9.17) is 10.2 Å². The van der Waals surface area contributed by atoms with Gasteiger partial charge >= 0.3 is 0 Å². The smallest absolute Gasteiger partial charge is 0.134 e. The first-order chi connectivity index (χ1) is 7.90. The zero-order valence-electron chi connectivity index (χ0n) is 8.60. The lowest BCUT2D eigenvalue weighted by Gasteiger charge is -1.97. The van der Waals surface area contributed by atoms with Crippen molar-refractivity contribution in [3.05, 3.63) is 42.4 Å². The van der Waals surface area contributed by atoms with Crippen LogP contribution in [0.25, 0.3) is 22.1 Å². The van der Waals surface area contributed by atoms with Gasteiger partial charge in [-0.1, -0.05) is 18.2 Å². The van der Waals surface area contributed by atoms with E-state index in [1.54, 1.807) is 12.5 Å². The number of nitrogens with one attached hydrogen (secondary N) is 1. The maximum atomic E-state index is 5.64. The number of aromatic amines is 1. The van der Waals surface area contributed by atoms with Gasteiger partial charge in [-0.2, -0.15) is 5.10 Å². The van der Waals surface area contributed by atoms with Crippen molar-refractivity contribution in [1.82, 2.24) is 10.2 Å². The summed E-state index contributed by atoms with van der Waals surface area (Å²) in [5.41, 5.74) is 9.48. The highest BCUT2D eigenvalue weighted by Crippen LogP contribution is 2.31. The van der Waals surface area contributed by atoms with Crippen molar-refractivity contribution in [1.29, 1.82) is 0 Å². The van der Waals surface area contributed by atoms with Crippen LogP contribution in [0.5, 0.6) is 0 Å². The summed E-state index contributed by atoms with van der Waals surface area (Å²) in [6.45, 7) is 0.439. The first-order valence-corrected chi connectivity index (χ1v) is 5.09. The van der Waals surface area contributed by atoms with Gasteiger partial charge in [-0.3, -0.25) is 5.10 Å². The van der Waals surface area contributed by atoms with Crippen LogP contribution >= 0.6 is 0 Å². The van der Waals surface area contributed by atoms with E-state index in [2.05, 4.69) is 10.2 Å². The summed E-state index contributed by atoms with van der Waals surface area (Å²) < 4.78 is 5.49. The van der Waals surface area contributed by atoms with E-state index >= 15 is 0 Å². The third kappa shape index (κ3) is 1.24. The highest BCUT2D eigenvalue weighted by Gasteiger charge is 2.12. The molecular formula is C12H11N3O. The summed E-state index contributed by atoms with van der Waals surface area (Å²) >= 11 is 0. The number of hydrogen-bond donors (Lipinski definition) is 2. The second-order valence-corrected chi connectivity index (χ2v) is 3.61. The minimum atomic E-state index is 0.439. The monoisotopic (exact) mass is 213 g/mol. The van der Waals surface area contributed by atoms with E-state index in [0.29, 0.717) is 6.54 Å². The lowest BCUT2D eigenvalue weighted by molar-refractivity contribution is 0.617. The minimum absolute atomic E-state index is 0.439. The maximum absolute atomic E-state index is 5.64. The predicted octanol–water partition coefficient (Wildman–Crippen LogP) is 2.28. The molecule has 3 rings (SSSR count). The van der Waals surface area contributed by atoms with Crippen LogP contribution in [0.4, 0.5) is 0 Å². The van der Waals surface area contributed by atoms with Gasteiger partial charge in [-0.15, -0.1) is 0 Å². The Balaban J connectivity index is 2.26. The van der Waals surface area contributed by atoms with E-state index in [0.717, 1.165) is 27.8 Å². The van der Waals surface area contributed by atoms with Crippen LogP contribution in [0.1, 0.15) is 5.69 Å². The van der Waals surface area contributed by atoms with Gasteiger partial charge in [0.25, 0.3) is 0 Å². The highest BCUT2D eigenvalue weighted by atomic mass is 16.3. The van der Waals surface area contributed by atoms with Crippen molar-refractivity contribution < 1.29 is 4.42 Å². The summed E-state index contributed by atoms with van der Waals surface area (Å²) in [6, 6.07) is 7.92. The highest BCUT2D eigenvalue weighted by molar-refractivity contribution is 5.94. The minimum Gasteiger partial charge on any atom is -0.464 e. The standard InChI is InChI=1S/C12H11N3O/c13-5-11-9(6-14-15-11)10-7-16-12-4-2-1-3-8(10)12/h1-4,6-7H,5,13H2,(H,14,15). The van der Waals surface area contributed by atoms with Crippen molar-refractivity contribution in [3.8, 4) is 11.1 Å². The van der Waals surface area contributed by atoms with E-state index < -0.39 is 0 Å². The Hall–Kier alpha value is -2.07. The topological polar surface area (TPSA) is 67.8 Å². The Kier molecular flexibility index (Phi) is 2.01. The van der Waals surface area contributed by atoms with Crippen LogP contribution < -0.4 is 5.73 Å². The van der Waals surface area contributed by atoms with Crippen LogP contribution in [0.15, 0.2) is 41.1 Å². The molecule has 4 nitrogen and oxygen atoms in total. The molecular weight excluding hydrogens is 202 g/mol. The molecule has 2 heterocycles. The molecule has 0 unspecified atom stereocenters. The third-order valence-electron chi connectivity index (χ3n) is 2.69. The SMILES string of the molecule is NCc1[nH]ncc1-c1coc2ccccc12. The fraction of sp³-hybridized carbons (Fsp3) is 0.0833. The number of nitrogens with two attached hydrogens (primary N) is 1. The molecule has 0 radical (unpaired) electrons. The molecule has 0 aliphatic heterocycles. The van der Waals surface area contributed by atoms with Crippen LogP contribution in [-0.2, 0) is 6.54 Å². The van der Waals surface area contributed by atoms with Gasteiger partial charge in [0.1, 0.15) is 5.58 Å². The Labute approximate surface area is 92.1 Å². The van der Waals surface area contributed by atoms with Gasteiger partial charge in [0, 0.05) is 23.1 Å². The molecule has 0 amide bonds. The Morgan fingerprint density at radius 2 is 2.12 bits per heavy atom. The normalized spacial score (nSPS) is 11.1. The first kappa shape index (κ1) is 9.18. The fourth-order valence-corrected chi connectivity index (χ4v) is 1.89. The lowest BCUT2D eigenvalue weighted by atomic mass is 10.1. The molecule has 0 atom stereocenters. The van der Waals surface area contributed by atoms with Crippen LogP contribution in [0, 0.1) is 0 Å². The van der Waals surface area contributed by atoms with Crippen LogP contribution in [-0.4, -0.2) is 10.2 Å². The molecule has 1 aromatic carbocycles. The zero-order chi connectivity index (χ0) is 11.0. The number of benzene rings is 1. The summed E-state index contributed by atoms with van der Waals surface area (Å²) in [5.74, 6) is 0. The Morgan fingerprint density at radius 3 is 3.00 bits per heavy atom. The van der Waals surface area contributed by atoms with Crippen molar-refractivity contribution >= 4 is 11.0 Å². The molecule has 0 aliphatic carbocycles. The van der Waals surface area contributed by atoms with Crippen molar-refractivity contribution in [2.24, 2.45) is 5.73 Å². The van der Waals surface area contributed by atoms with Crippen LogP contribution in [0.2, 0.25) is 0 Å². The van der Waals surface area contributed by atoms with Gasteiger partial charge in [-0.05, 0) is 6.07 Å². The molecule has 0 spiro atoms. The van der Waals surface area contributed by atoms with Crippen molar-refractivity contribution in [3.63, 3.8) is 0 Å². The van der Waals surface area contributed by atoms with E-state index in [1.165, 1.54) is 0 Å². The van der Waals surface area contributed by atoms with E-state index in [-0.39, 0.29) is 0 Å². The van der Waals surface area contributed by atoms with E-state index in [1.807, 2.05) is 24.3 Å². The van der Waals surface area contributed by atoms with Gasteiger partial charge in [-0.25, -0.2) is 0 Å². The summed E-state index contributed by atoms with van der Waals surface area (Å²) in [7, 11) is 0. The first-order valence-electron chi connectivity index (χ1n) is 5.09. The largest absolute Gasteiger partial charge is 0.464 e. The van der Waals surface area contributed by atoms with Gasteiger partial charge < -0.3 is 10.2 Å². The molecule has 0 saturated heterocycles. The molecule has 3 aromatic rings. The van der Waals surface area contributed by atoms with Gasteiger partial charge in [0.15, 0.2) is 0 Å². The molecule has 16 heavy (non-hydrogen) atoms. The average Bonchev–Trinajstić information content (AvgIpc) is 2.94. The van der Waals surface area contributed by atoms with Crippen molar-refractivity contribution in [2.75, 3.05) is 0 Å². The number of aromatic nitrogens is 2. The fourth-order valence-electron chi connectivity index (χ4n) is 1.89. The molecule has 3 N–H and O–H groups in total. The van der Waals surface area contributed by atoms with Gasteiger partial charge in [0.2, 0.25) is 0 Å². The predicted molar refractivity (Wildman–Crippen MR) is 61.7 cm³/mol. The average molecular weight is 213 g/mol. The Bertz CT molecular complexity index is 624. The zero-order valence-corrected chi connectivity index (χ0v) is 8.60. The van der Waals surface area contributed by atoms with Gasteiger partial charge in [0.05, 0.1) is 18.2 Å². The number of H-pyrrole nitrogens is 1. The number of nitrogens with zero attached hydrogens (tertiary/aromatic N) is 1. The molecule has 0 bridgehead atoms. The summed E-state index contributed by atoms with van der Waals surface area (Å²) in [6.07, 6.45) is 3.52. The third-order valence-corrected chi connectivity index (χ3v) is 2.69. The molecule has 80 valence electrons. The number of furan rings is 1. The number of hydrogen-bond acceptors (Lipinski definition) is 3. The molecule has 4 heteroatoms. The second-order valence-electron chi connectivity index (χ2n) is 3.61. The molecule has 0 fully saturated rings. The van der Waals surface area contributed by atoms with E-state index in [9.17, 15) is 0 Å². The summed E-state index contributed by atoms with van der Waals surface area (Å²) in [4.78, 5) is 0. The second kappa shape index (κ2) is 3.50. The number of rotatable bonds is 2. The van der Waals surface area contributed by atoms with Crippen LogP contribution in [0.3, 0.4) is 0 Å². The molecule has 2 aromatic heterocycles. The maximum Gasteiger partial charge on any atom is 0.134 e. The Morgan fingerprint density at radius 1 is 1.25 bits per heavy atom. The molecule has 0 aliphatic rings. The quantitative estimate of drug-likeness (QED) is 0.686. The number of para-hydroxylation sites is 1. The summed E-state index contributed by atoms with van der Waals surface area (Å²) in [5, 5.41) is 7.98. The lowest BCUT2D eigenvalue weighted by Crippen LogP contribution is -1.98. The van der Waals surface area contributed by atoms with Crippen molar-refractivity contribution in [2.45, 2.75) is 6.54 Å².